The van der Waals surface area contributed by atoms with Crippen molar-refractivity contribution in [3.63, 3.8) is 0 Å². The van der Waals surface area contributed by atoms with Crippen LogP contribution in [0.15, 0.2) is 17.7 Å². The Morgan fingerprint density at radius 3 is 2.87 bits per heavy atom. The summed E-state index contributed by atoms with van der Waals surface area (Å²) in [5.41, 5.74) is 4.93. The number of aliphatic hydroxyl groups is 3. The van der Waals surface area contributed by atoms with Gasteiger partial charge in [-0.2, -0.15) is 0 Å². The first kappa shape index (κ1) is 15.6. The van der Waals surface area contributed by atoms with Crippen LogP contribution in [0.2, 0.25) is 0 Å². The zero-order valence-corrected chi connectivity index (χ0v) is 12.2. The molecule has 2 aromatic rings. The van der Waals surface area contributed by atoms with Crippen molar-refractivity contribution in [2.75, 3.05) is 12.3 Å². The van der Waals surface area contributed by atoms with Crippen LogP contribution >= 0.6 is 0 Å². The molecule has 10 nitrogen and oxygen atoms in total. The van der Waals surface area contributed by atoms with E-state index in [9.17, 15) is 15.3 Å². The van der Waals surface area contributed by atoms with Crippen LogP contribution in [0.5, 0.6) is 0 Å². The fourth-order valence-electron chi connectivity index (χ4n) is 2.87. The lowest BCUT2D eigenvalue weighted by atomic mass is 9.96. The second kappa shape index (κ2) is 5.42. The molecule has 0 amide bonds. The summed E-state index contributed by atoms with van der Waals surface area (Å²) in [7, 11) is 0. The van der Waals surface area contributed by atoms with Gasteiger partial charge in [-0.3, -0.25) is 0 Å². The van der Waals surface area contributed by atoms with Crippen molar-refractivity contribution in [2.24, 2.45) is 5.16 Å². The smallest absolute Gasteiger partial charge is 0.167 e. The number of aliphatic hydroxyl groups excluding tert-OH is 2. The summed E-state index contributed by atoms with van der Waals surface area (Å²) in [6, 6.07) is 0. The van der Waals surface area contributed by atoms with Crippen molar-refractivity contribution in [1.82, 2.24) is 14.5 Å². The molecule has 0 radical (unpaired) electrons. The Bertz CT molecular complexity index is 759. The molecular formula is C13H17N5O5. The molecule has 6 N–H and O–H groups in total. The van der Waals surface area contributed by atoms with Gasteiger partial charge in [-0.05, 0) is 6.92 Å². The van der Waals surface area contributed by atoms with Crippen LogP contribution in [0.25, 0.3) is 11.0 Å². The van der Waals surface area contributed by atoms with Gasteiger partial charge in [0, 0.05) is 11.8 Å². The lowest BCUT2D eigenvalue weighted by molar-refractivity contribution is -0.0948. The molecule has 3 rings (SSSR count). The number of anilines is 1. The Hall–Kier alpha value is -2.27. The number of ether oxygens (including phenoxy) is 1. The molecule has 124 valence electrons. The highest BCUT2D eigenvalue weighted by Crippen LogP contribution is 2.40. The summed E-state index contributed by atoms with van der Waals surface area (Å²) in [6.45, 7) is 0.948. The summed E-state index contributed by atoms with van der Waals surface area (Å²) in [4.78, 5) is 8.01. The highest BCUT2D eigenvalue weighted by molar-refractivity contribution is 6.02. The summed E-state index contributed by atoms with van der Waals surface area (Å²) in [5, 5.41) is 42.2. The van der Waals surface area contributed by atoms with Gasteiger partial charge in [0.15, 0.2) is 6.23 Å². The highest BCUT2D eigenvalue weighted by atomic mass is 16.6. The number of nitrogens with two attached hydrogens (primary N) is 1. The van der Waals surface area contributed by atoms with Gasteiger partial charge in [0.2, 0.25) is 0 Å². The van der Waals surface area contributed by atoms with Gasteiger partial charge in [0.05, 0.1) is 18.2 Å². The van der Waals surface area contributed by atoms with Gasteiger partial charge in [0.25, 0.3) is 0 Å². The maximum Gasteiger partial charge on any atom is 0.167 e. The van der Waals surface area contributed by atoms with E-state index in [-0.39, 0.29) is 5.82 Å². The van der Waals surface area contributed by atoms with E-state index in [1.165, 1.54) is 24.0 Å². The van der Waals surface area contributed by atoms with E-state index >= 15 is 0 Å². The Morgan fingerprint density at radius 2 is 2.26 bits per heavy atom. The zero-order chi connectivity index (χ0) is 16.8. The lowest BCUT2D eigenvalue weighted by Crippen LogP contribution is -2.44. The molecule has 3 unspecified atom stereocenters. The van der Waals surface area contributed by atoms with Gasteiger partial charge in [0.1, 0.15) is 35.6 Å². The molecule has 1 saturated heterocycles. The van der Waals surface area contributed by atoms with Crippen molar-refractivity contribution in [2.45, 2.75) is 31.0 Å². The van der Waals surface area contributed by atoms with Gasteiger partial charge >= 0.3 is 0 Å². The number of hydrogen-bond acceptors (Lipinski definition) is 9. The van der Waals surface area contributed by atoms with Crippen LogP contribution in [0.1, 0.15) is 18.7 Å². The third-order valence-electron chi connectivity index (χ3n) is 4.05. The van der Waals surface area contributed by atoms with E-state index in [2.05, 4.69) is 15.1 Å². The fraction of sp³-hybridized carbons (Fsp3) is 0.462. The maximum atomic E-state index is 10.6. The number of aromatic nitrogens is 3. The van der Waals surface area contributed by atoms with Gasteiger partial charge in [-0.15, -0.1) is 0 Å². The Labute approximate surface area is 130 Å². The zero-order valence-electron chi connectivity index (χ0n) is 12.2. The number of nitrogens with zero attached hydrogens (tertiary/aromatic N) is 4. The topological polar surface area (TPSA) is 159 Å². The Balaban J connectivity index is 2.19. The monoisotopic (exact) mass is 323 g/mol. The van der Waals surface area contributed by atoms with Gasteiger partial charge in [-0.25, -0.2) is 9.97 Å². The molecule has 0 spiro atoms. The standard InChI is InChI=1S/C13H17N5O5/c1-13(21)9(20)7(4-19)23-12(13)18-3-6(2-17-22)8-10(14)15-5-16-11(8)18/h2-3,5,7,9,12,19-22H,4H2,1H3,(H2,14,15,16)/b17-2+/t7?,9-,12?,13?/m1/s1. The van der Waals surface area contributed by atoms with Crippen molar-refractivity contribution in [3.8, 4) is 0 Å². The largest absolute Gasteiger partial charge is 0.411 e. The lowest BCUT2D eigenvalue weighted by Gasteiger charge is -2.27. The van der Waals surface area contributed by atoms with Crippen molar-refractivity contribution in [1.29, 1.82) is 0 Å². The molecule has 0 aromatic carbocycles. The molecule has 1 aliphatic heterocycles. The average Bonchev–Trinajstić information content (AvgIpc) is 2.97. The van der Waals surface area contributed by atoms with Crippen LogP contribution in [-0.4, -0.2) is 65.7 Å². The Kier molecular flexibility index (Phi) is 3.68. The van der Waals surface area contributed by atoms with Crippen LogP contribution in [0.4, 0.5) is 5.82 Å². The molecule has 0 saturated carbocycles. The van der Waals surface area contributed by atoms with E-state index in [4.69, 9.17) is 15.7 Å². The minimum absolute atomic E-state index is 0.167. The van der Waals surface area contributed by atoms with Crippen LogP contribution in [0, 0.1) is 0 Å². The van der Waals surface area contributed by atoms with E-state index in [1.807, 2.05) is 0 Å². The fourth-order valence-corrected chi connectivity index (χ4v) is 2.87. The van der Waals surface area contributed by atoms with Crippen LogP contribution in [0.3, 0.4) is 0 Å². The molecule has 2 aromatic heterocycles. The summed E-state index contributed by atoms with van der Waals surface area (Å²) in [5.74, 6) is 0.167. The quantitative estimate of drug-likeness (QED) is 0.268. The highest BCUT2D eigenvalue weighted by Gasteiger charge is 2.53. The maximum absolute atomic E-state index is 10.6. The molecule has 1 aliphatic rings. The van der Waals surface area contributed by atoms with Crippen molar-refractivity contribution in [3.05, 3.63) is 18.1 Å². The number of hydrogen-bond donors (Lipinski definition) is 5. The molecule has 10 heteroatoms. The van der Waals surface area contributed by atoms with Crippen LogP contribution in [-0.2, 0) is 4.74 Å². The molecule has 0 bridgehead atoms. The second-order valence-corrected chi connectivity index (χ2v) is 5.57. The number of rotatable bonds is 3. The predicted molar refractivity (Wildman–Crippen MR) is 78.9 cm³/mol. The summed E-state index contributed by atoms with van der Waals surface area (Å²) >= 11 is 0. The SMILES string of the molecule is CC1(O)C(n2cc(/C=N/O)c3c(N)ncnc32)OC(CO)[C@H]1O. The first-order valence-corrected chi connectivity index (χ1v) is 6.87. The van der Waals surface area contributed by atoms with E-state index in [0.717, 1.165) is 6.21 Å². The first-order valence-electron chi connectivity index (χ1n) is 6.87. The van der Waals surface area contributed by atoms with Crippen LogP contribution < -0.4 is 5.73 Å². The summed E-state index contributed by atoms with van der Waals surface area (Å²) in [6.07, 6.45) is 0.666. The molecular weight excluding hydrogens is 306 g/mol. The number of fused-ring (bicyclic) bond motifs is 1. The second-order valence-electron chi connectivity index (χ2n) is 5.57. The van der Waals surface area contributed by atoms with E-state index < -0.39 is 30.6 Å². The van der Waals surface area contributed by atoms with E-state index in [1.54, 1.807) is 0 Å². The normalized spacial score (nSPS) is 31.4. The van der Waals surface area contributed by atoms with Gasteiger partial charge in [-0.1, -0.05) is 5.16 Å². The van der Waals surface area contributed by atoms with Gasteiger partial charge < -0.3 is 35.6 Å². The molecule has 23 heavy (non-hydrogen) atoms. The third kappa shape index (κ3) is 2.23. The molecule has 1 fully saturated rings. The summed E-state index contributed by atoms with van der Waals surface area (Å²) < 4.78 is 7.03. The van der Waals surface area contributed by atoms with E-state index in [0.29, 0.717) is 16.6 Å². The minimum Gasteiger partial charge on any atom is -0.411 e. The third-order valence-corrected chi connectivity index (χ3v) is 4.05. The average molecular weight is 323 g/mol. The van der Waals surface area contributed by atoms with Crippen molar-refractivity contribution >= 4 is 23.1 Å². The molecule has 0 aliphatic carbocycles. The number of nitrogen functional groups attached to an aromatic ring is 1. The Morgan fingerprint density at radius 1 is 1.52 bits per heavy atom. The molecule has 3 heterocycles. The number of oxime groups is 1. The first-order chi connectivity index (χ1) is 10.9. The minimum atomic E-state index is -1.67. The molecule has 4 atom stereocenters. The predicted octanol–water partition coefficient (Wildman–Crippen LogP) is -1.18. The van der Waals surface area contributed by atoms with Crippen molar-refractivity contribution < 1.29 is 25.3 Å².